The molecule has 13 nitrogen and oxygen atoms in total. The molecule has 2 amide bonds. The van der Waals surface area contributed by atoms with Crippen molar-refractivity contribution in [2.24, 2.45) is 5.92 Å². The zero-order chi connectivity index (χ0) is 25.5. The van der Waals surface area contributed by atoms with Gasteiger partial charge in [-0.25, -0.2) is 14.9 Å². The van der Waals surface area contributed by atoms with Crippen molar-refractivity contribution in [3.8, 4) is 17.1 Å². The Hall–Kier alpha value is -4.17. The molecule has 0 atom stereocenters. The van der Waals surface area contributed by atoms with Gasteiger partial charge in [-0.2, -0.15) is 5.10 Å². The molecule has 1 aromatic carbocycles. The van der Waals surface area contributed by atoms with Crippen LogP contribution >= 0.6 is 0 Å². The van der Waals surface area contributed by atoms with Crippen molar-refractivity contribution in [3.05, 3.63) is 36.3 Å². The number of rotatable bonds is 12. The van der Waals surface area contributed by atoms with Crippen molar-refractivity contribution in [1.29, 1.82) is 0 Å². The van der Waals surface area contributed by atoms with Crippen molar-refractivity contribution in [2.45, 2.75) is 19.4 Å². The number of alkyl halides is 1. The number of amides is 2. The molecule has 190 valence electrons. The molecule has 1 aliphatic carbocycles. The Balaban J connectivity index is 1.66. The summed E-state index contributed by atoms with van der Waals surface area (Å²) < 4.78 is 19.5. The number of hydroxylamine groups is 1. The van der Waals surface area contributed by atoms with Crippen LogP contribution in [-0.4, -0.2) is 68.9 Å². The zero-order valence-electron chi connectivity index (χ0n) is 19.4. The molecule has 0 bridgehead atoms. The van der Waals surface area contributed by atoms with Gasteiger partial charge in [0.05, 0.1) is 37.2 Å². The molecule has 1 saturated carbocycles. The summed E-state index contributed by atoms with van der Waals surface area (Å²) in [5.41, 5.74) is 3.14. The highest BCUT2D eigenvalue weighted by Gasteiger charge is 2.30. The van der Waals surface area contributed by atoms with Gasteiger partial charge in [0.25, 0.3) is 5.91 Å². The van der Waals surface area contributed by atoms with E-state index in [0.717, 1.165) is 12.8 Å². The lowest BCUT2D eigenvalue weighted by molar-refractivity contribution is -0.117. The fraction of sp³-hybridized carbons (Fsp3) is 0.364. The summed E-state index contributed by atoms with van der Waals surface area (Å²) in [6.45, 7) is -0.914. The van der Waals surface area contributed by atoms with E-state index in [0.29, 0.717) is 22.8 Å². The maximum absolute atomic E-state index is 12.6. The van der Waals surface area contributed by atoms with Crippen LogP contribution in [0.2, 0.25) is 0 Å². The monoisotopic (exact) mass is 500 g/mol. The Morgan fingerprint density at radius 2 is 2.08 bits per heavy atom. The molecule has 0 aliphatic heterocycles. The Bertz CT molecular complexity index is 1230. The predicted octanol–water partition coefficient (Wildman–Crippen LogP) is 1.46. The van der Waals surface area contributed by atoms with E-state index in [4.69, 9.17) is 14.7 Å². The zero-order valence-corrected chi connectivity index (χ0v) is 19.4. The van der Waals surface area contributed by atoms with Crippen LogP contribution in [0, 0.1) is 5.92 Å². The van der Waals surface area contributed by atoms with Gasteiger partial charge in [0.2, 0.25) is 5.91 Å². The van der Waals surface area contributed by atoms with E-state index >= 15 is 0 Å². The lowest BCUT2D eigenvalue weighted by Gasteiger charge is -2.16. The van der Waals surface area contributed by atoms with Gasteiger partial charge in [-0.15, -0.1) is 10.2 Å². The van der Waals surface area contributed by atoms with Gasteiger partial charge in [-0.05, 0) is 25.0 Å². The normalized spacial score (nSPS) is 12.8. The molecular weight excluding hydrogens is 475 g/mol. The van der Waals surface area contributed by atoms with Crippen LogP contribution in [0.15, 0.2) is 30.6 Å². The fourth-order valence-corrected chi connectivity index (χ4v) is 3.30. The molecule has 0 spiro atoms. The van der Waals surface area contributed by atoms with Crippen molar-refractivity contribution in [3.63, 3.8) is 0 Å². The molecule has 4 N–H and O–H groups in total. The Morgan fingerprint density at radius 1 is 1.25 bits per heavy atom. The van der Waals surface area contributed by atoms with E-state index in [1.165, 1.54) is 24.2 Å². The number of carbonyl (C=O) groups is 2. The highest BCUT2D eigenvalue weighted by Crippen LogP contribution is 2.37. The third-order valence-corrected chi connectivity index (χ3v) is 5.15. The number of benzene rings is 1. The molecule has 1 fully saturated rings. The van der Waals surface area contributed by atoms with E-state index in [9.17, 15) is 14.0 Å². The number of aromatic nitrogens is 5. The van der Waals surface area contributed by atoms with E-state index in [2.05, 4.69) is 36.4 Å². The third kappa shape index (κ3) is 5.90. The number of aliphatic hydroxyl groups excluding tert-OH is 1. The first-order valence-corrected chi connectivity index (χ1v) is 11.2. The highest BCUT2D eigenvalue weighted by atomic mass is 19.1. The lowest BCUT2D eigenvalue weighted by atomic mass is 10.1. The van der Waals surface area contributed by atoms with Crippen LogP contribution in [0.4, 0.5) is 21.6 Å². The first-order chi connectivity index (χ1) is 17.5. The topological polar surface area (TPSA) is 165 Å². The number of hydrogen-bond donors (Lipinski definition) is 4. The molecule has 2 heterocycles. The van der Waals surface area contributed by atoms with Gasteiger partial charge >= 0.3 is 0 Å². The summed E-state index contributed by atoms with van der Waals surface area (Å²) >= 11 is 0. The summed E-state index contributed by atoms with van der Waals surface area (Å²) in [5, 5.41) is 27.1. The number of nitrogens with zero attached hydrogens (tertiary/aromatic N) is 5. The van der Waals surface area contributed by atoms with E-state index in [1.54, 1.807) is 18.2 Å². The van der Waals surface area contributed by atoms with Gasteiger partial charge in [0, 0.05) is 12.0 Å². The number of nitrogens with one attached hydrogen (secondary N) is 3. The average molecular weight is 500 g/mol. The van der Waals surface area contributed by atoms with Gasteiger partial charge in [-0.1, -0.05) is 6.07 Å². The van der Waals surface area contributed by atoms with Crippen LogP contribution < -0.4 is 20.9 Å². The quantitative estimate of drug-likeness (QED) is 0.211. The summed E-state index contributed by atoms with van der Waals surface area (Å²) in [5.74, 6) is -0.113. The third-order valence-electron chi connectivity index (χ3n) is 5.15. The molecule has 0 unspecified atom stereocenters. The van der Waals surface area contributed by atoms with Crippen molar-refractivity contribution in [1.82, 2.24) is 30.4 Å². The largest absolute Gasteiger partial charge is 0.494 e. The molecule has 1 aliphatic rings. The highest BCUT2D eigenvalue weighted by molar-refractivity contribution is 5.99. The molecule has 0 radical (unpaired) electrons. The van der Waals surface area contributed by atoms with E-state index < -0.39 is 12.6 Å². The lowest BCUT2D eigenvalue weighted by Crippen LogP contribution is -2.27. The van der Waals surface area contributed by atoms with Gasteiger partial charge in [-0.3, -0.25) is 19.1 Å². The molecule has 14 heteroatoms. The van der Waals surface area contributed by atoms with Crippen molar-refractivity contribution < 1.29 is 28.7 Å². The number of hydrogen-bond acceptors (Lipinski definition) is 10. The van der Waals surface area contributed by atoms with Crippen molar-refractivity contribution in [2.75, 3.05) is 37.6 Å². The Labute approximate surface area is 205 Å². The van der Waals surface area contributed by atoms with Crippen LogP contribution in [0.1, 0.15) is 23.3 Å². The summed E-state index contributed by atoms with van der Waals surface area (Å²) in [4.78, 5) is 33.9. The maximum atomic E-state index is 12.6. The number of methoxy groups -OCH3 is 1. The van der Waals surface area contributed by atoms with Crippen LogP contribution in [0.25, 0.3) is 11.4 Å². The SMILES string of the molecule is COc1c(Nc2cc(NC(=O)C3CC3)nnc2C(=O)NOCCF)cccc1-c1ncn(CCO)n1. The average Bonchev–Trinajstić information content (AvgIpc) is 3.63. The van der Waals surface area contributed by atoms with E-state index in [-0.39, 0.29) is 48.8 Å². The minimum atomic E-state index is -0.782. The minimum Gasteiger partial charge on any atom is -0.494 e. The van der Waals surface area contributed by atoms with Gasteiger partial charge < -0.3 is 20.5 Å². The molecule has 3 aromatic rings. The standard InChI is InChI=1S/C22H25FN8O5/c1-35-19-14(20-24-12-31(29-20)8-9-32)3-2-4-15(19)25-16-11-17(26-21(33)13-5-6-13)27-28-18(16)22(34)30-36-10-7-23/h2-4,11-13,32H,5-10H2,1H3,(H,30,34)(H2,25,26,27,33). The molecular formula is C22H25FN8O5. The molecule has 4 rings (SSSR count). The maximum Gasteiger partial charge on any atom is 0.297 e. The second-order valence-electron chi connectivity index (χ2n) is 7.79. The van der Waals surface area contributed by atoms with Crippen LogP contribution in [0.5, 0.6) is 5.75 Å². The Kier molecular flexibility index (Phi) is 7.97. The number of ether oxygens (including phenoxy) is 1. The second kappa shape index (κ2) is 11.5. The smallest absolute Gasteiger partial charge is 0.297 e. The van der Waals surface area contributed by atoms with Gasteiger partial charge in [0.15, 0.2) is 23.1 Å². The van der Waals surface area contributed by atoms with Gasteiger partial charge in [0.1, 0.15) is 19.6 Å². The predicted molar refractivity (Wildman–Crippen MR) is 125 cm³/mol. The number of carbonyl (C=O) groups excluding carboxylic acids is 2. The number of anilines is 3. The first kappa shape index (κ1) is 24.9. The molecule has 2 aromatic heterocycles. The summed E-state index contributed by atoms with van der Waals surface area (Å²) in [6.07, 6.45) is 3.11. The molecule has 36 heavy (non-hydrogen) atoms. The second-order valence-corrected chi connectivity index (χ2v) is 7.79. The summed E-state index contributed by atoms with van der Waals surface area (Å²) in [6, 6.07) is 6.66. The minimum absolute atomic E-state index is 0.0600. The fourth-order valence-electron chi connectivity index (χ4n) is 3.30. The number of para-hydroxylation sites is 1. The molecule has 0 saturated heterocycles. The summed E-state index contributed by atoms with van der Waals surface area (Å²) in [7, 11) is 1.47. The van der Waals surface area contributed by atoms with Crippen molar-refractivity contribution >= 4 is 29.0 Å². The first-order valence-electron chi connectivity index (χ1n) is 11.2. The number of halogens is 1. The Morgan fingerprint density at radius 3 is 2.81 bits per heavy atom. The van der Waals surface area contributed by atoms with E-state index in [1.807, 2.05) is 0 Å². The van der Waals surface area contributed by atoms with Crippen LogP contribution in [0.3, 0.4) is 0 Å². The number of aliphatic hydroxyl groups is 1. The van der Waals surface area contributed by atoms with Crippen LogP contribution in [-0.2, 0) is 16.2 Å².